The lowest BCUT2D eigenvalue weighted by Crippen LogP contribution is -2.03. The van der Waals surface area contributed by atoms with E-state index in [1.54, 1.807) is 6.08 Å². The first-order valence-corrected chi connectivity index (χ1v) is 5.33. The molecule has 0 saturated heterocycles. The summed E-state index contributed by atoms with van der Waals surface area (Å²) in [5.41, 5.74) is 0. The molecule has 0 aromatic carbocycles. The first kappa shape index (κ1) is 8.62. The van der Waals surface area contributed by atoms with Gasteiger partial charge in [0.2, 0.25) is 0 Å². The minimum atomic E-state index is -3.07. The van der Waals surface area contributed by atoms with Crippen molar-refractivity contribution in [2.45, 2.75) is 6.42 Å². The van der Waals surface area contributed by atoms with Crippen LogP contribution in [0.25, 0.3) is 0 Å². The molecule has 0 saturated carbocycles. The maximum atomic E-state index is 10.9. The smallest absolute Gasteiger partial charge is 0.175 e. The molecule has 11 heavy (non-hydrogen) atoms. The molecule has 0 unspecified atom stereocenters. The average molecular weight is 187 g/mol. The van der Waals surface area contributed by atoms with E-state index in [9.17, 15) is 8.42 Å². The second kappa shape index (κ2) is 2.87. The van der Waals surface area contributed by atoms with Crippen molar-refractivity contribution < 1.29 is 8.42 Å². The Bertz CT molecular complexity index is 333. The molecule has 59 valence electrons. The molecular formula is C7H7O2S2. The highest BCUT2D eigenvalue weighted by Gasteiger charge is 2.10. The van der Waals surface area contributed by atoms with Crippen LogP contribution >= 0.6 is 12.2 Å². The second-order valence-corrected chi connectivity index (χ2v) is 4.80. The summed E-state index contributed by atoms with van der Waals surface area (Å²) in [6.07, 6.45) is 7.40. The van der Waals surface area contributed by atoms with Crippen LogP contribution in [0.1, 0.15) is 6.42 Å². The summed E-state index contributed by atoms with van der Waals surface area (Å²) >= 11 is 4.80. The third kappa shape index (κ3) is 2.24. The van der Waals surface area contributed by atoms with Crippen molar-refractivity contribution >= 4 is 26.9 Å². The van der Waals surface area contributed by atoms with Gasteiger partial charge < -0.3 is 0 Å². The Hall–Kier alpha value is -0.480. The van der Waals surface area contributed by atoms with Gasteiger partial charge in [-0.2, -0.15) is 0 Å². The van der Waals surface area contributed by atoms with Crippen molar-refractivity contribution in [2.24, 2.45) is 0 Å². The first-order chi connectivity index (χ1) is 5.00. The van der Waals surface area contributed by atoms with Crippen LogP contribution in [0.4, 0.5) is 0 Å². The van der Waals surface area contributed by atoms with Crippen LogP contribution in [0.5, 0.6) is 0 Å². The van der Waals surface area contributed by atoms with E-state index in [-0.39, 0.29) is 0 Å². The molecule has 4 heteroatoms. The fourth-order valence-electron chi connectivity index (χ4n) is 0.721. The molecule has 1 rings (SSSR count). The van der Waals surface area contributed by atoms with E-state index in [0.717, 1.165) is 0 Å². The standard InChI is InChI=1S/C7H7O2S2/c1-11(8,9)7-4-2-6(10)3-5-7/h4-5H,2H2,1H3. The van der Waals surface area contributed by atoms with E-state index in [2.05, 4.69) is 6.08 Å². The van der Waals surface area contributed by atoms with E-state index < -0.39 is 9.84 Å². The molecule has 0 aliphatic heterocycles. The molecule has 0 atom stereocenters. The molecule has 0 fully saturated rings. The van der Waals surface area contributed by atoms with Gasteiger partial charge in [-0.05, 0) is 12.2 Å². The van der Waals surface area contributed by atoms with Gasteiger partial charge in [0.1, 0.15) is 0 Å². The number of allylic oxidation sites excluding steroid dienone is 3. The van der Waals surface area contributed by atoms with Crippen LogP contribution in [0.3, 0.4) is 0 Å². The summed E-state index contributed by atoms with van der Waals surface area (Å²) in [4.78, 5) is 0.962. The van der Waals surface area contributed by atoms with Gasteiger partial charge in [-0.1, -0.05) is 18.3 Å². The Morgan fingerprint density at radius 3 is 2.64 bits per heavy atom. The molecule has 2 nitrogen and oxygen atoms in total. The maximum absolute atomic E-state index is 10.9. The molecule has 0 amide bonds. The number of thiocarbonyl (C=S) groups is 1. The third-order valence-electron chi connectivity index (χ3n) is 1.29. The van der Waals surface area contributed by atoms with Crippen LogP contribution < -0.4 is 0 Å². The zero-order chi connectivity index (χ0) is 8.48. The summed E-state index contributed by atoms with van der Waals surface area (Å²) in [5, 5.41) is 0. The van der Waals surface area contributed by atoms with E-state index >= 15 is 0 Å². The highest BCUT2D eigenvalue weighted by molar-refractivity contribution is 7.94. The van der Waals surface area contributed by atoms with Gasteiger partial charge in [-0.3, -0.25) is 0 Å². The Kier molecular flexibility index (Phi) is 2.25. The van der Waals surface area contributed by atoms with Crippen LogP contribution in [0, 0.1) is 6.08 Å². The Morgan fingerprint density at radius 2 is 2.27 bits per heavy atom. The van der Waals surface area contributed by atoms with E-state index in [0.29, 0.717) is 16.2 Å². The fraction of sp³-hybridized carbons (Fsp3) is 0.286. The lowest BCUT2D eigenvalue weighted by atomic mass is 10.2. The summed E-state index contributed by atoms with van der Waals surface area (Å²) in [6, 6.07) is 0. The van der Waals surface area contributed by atoms with Crippen molar-refractivity contribution in [1.82, 2.24) is 0 Å². The lowest BCUT2D eigenvalue weighted by Gasteiger charge is -2.03. The van der Waals surface area contributed by atoms with Crippen molar-refractivity contribution in [2.75, 3.05) is 6.26 Å². The molecule has 0 heterocycles. The molecular weight excluding hydrogens is 180 g/mol. The number of sulfone groups is 1. The average Bonchev–Trinajstić information content (AvgIpc) is 1.86. The van der Waals surface area contributed by atoms with Gasteiger partial charge in [0.15, 0.2) is 9.84 Å². The van der Waals surface area contributed by atoms with Gasteiger partial charge in [-0.25, -0.2) is 8.42 Å². The van der Waals surface area contributed by atoms with Crippen LogP contribution in [0.15, 0.2) is 17.1 Å². The Morgan fingerprint density at radius 1 is 1.64 bits per heavy atom. The first-order valence-electron chi connectivity index (χ1n) is 3.03. The largest absolute Gasteiger partial charge is 0.224 e. The number of hydrogen-bond donors (Lipinski definition) is 0. The minimum Gasteiger partial charge on any atom is -0.224 e. The fourth-order valence-corrected chi connectivity index (χ4v) is 1.52. The SMILES string of the molecule is CS(=O)(=O)C1=CCC(=S)[C]=C1. The molecule has 0 bridgehead atoms. The molecule has 1 aliphatic rings. The van der Waals surface area contributed by atoms with Gasteiger partial charge in [-0.15, -0.1) is 0 Å². The second-order valence-electron chi connectivity index (χ2n) is 2.29. The topological polar surface area (TPSA) is 34.1 Å². The molecule has 1 radical (unpaired) electrons. The van der Waals surface area contributed by atoms with Gasteiger partial charge in [0.05, 0.1) is 4.91 Å². The van der Waals surface area contributed by atoms with E-state index in [4.69, 9.17) is 12.2 Å². The summed E-state index contributed by atoms with van der Waals surface area (Å²) < 4.78 is 21.8. The summed E-state index contributed by atoms with van der Waals surface area (Å²) in [5.74, 6) is 0. The van der Waals surface area contributed by atoms with Gasteiger partial charge in [0.25, 0.3) is 0 Å². The number of rotatable bonds is 1. The molecule has 0 N–H and O–H groups in total. The molecule has 0 spiro atoms. The van der Waals surface area contributed by atoms with Gasteiger partial charge in [0, 0.05) is 17.5 Å². The van der Waals surface area contributed by atoms with Crippen molar-refractivity contribution in [3.63, 3.8) is 0 Å². The highest BCUT2D eigenvalue weighted by Crippen LogP contribution is 2.12. The van der Waals surface area contributed by atoms with Crippen molar-refractivity contribution in [3.8, 4) is 0 Å². The number of hydrogen-bond acceptors (Lipinski definition) is 3. The molecule has 1 aliphatic carbocycles. The predicted molar refractivity (Wildman–Crippen MR) is 48.0 cm³/mol. The predicted octanol–water partition coefficient (Wildman–Crippen LogP) is 1.05. The van der Waals surface area contributed by atoms with Crippen LogP contribution in [0.2, 0.25) is 0 Å². The summed E-state index contributed by atoms with van der Waals surface area (Å²) in [6.45, 7) is 0. The van der Waals surface area contributed by atoms with Crippen LogP contribution in [-0.2, 0) is 9.84 Å². The Labute approximate surface area is 71.5 Å². The molecule has 0 aromatic heterocycles. The quantitative estimate of drug-likeness (QED) is 0.575. The third-order valence-corrected chi connectivity index (χ3v) is 2.72. The zero-order valence-corrected chi connectivity index (χ0v) is 7.63. The molecule has 0 aromatic rings. The van der Waals surface area contributed by atoms with Crippen molar-refractivity contribution in [1.29, 1.82) is 0 Å². The Balaban J connectivity index is 2.97. The monoisotopic (exact) mass is 187 g/mol. The van der Waals surface area contributed by atoms with E-state index in [1.807, 2.05) is 0 Å². The zero-order valence-electron chi connectivity index (χ0n) is 5.99. The lowest BCUT2D eigenvalue weighted by molar-refractivity contribution is 0.608. The van der Waals surface area contributed by atoms with Crippen LogP contribution in [-0.4, -0.2) is 19.5 Å². The minimum absolute atomic E-state index is 0.311. The van der Waals surface area contributed by atoms with Crippen molar-refractivity contribution in [3.05, 3.63) is 23.1 Å². The van der Waals surface area contributed by atoms with E-state index in [1.165, 1.54) is 12.3 Å². The summed E-state index contributed by atoms with van der Waals surface area (Å²) in [7, 11) is -3.07. The highest BCUT2D eigenvalue weighted by atomic mass is 32.2. The maximum Gasteiger partial charge on any atom is 0.175 e. The normalized spacial score (nSPS) is 18.3. The van der Waals surface area contributed by atoms with Gasteiger partial charge >= 0.3 is 0 Å².